The van der Waals surface area contributed by atoms with Gasteiger partial charge in [-0.15, -0.1) is 0 Å². The molecule has 0 aliphatic carbocycles. The number of amides is 2. The van der Waals surface area contributed by atoms with Gasteiger partial charge in [-0.25, -0.2) is 4.79 Å². The topological polar surface area (TPSA) is 96.9 Å². The molecule has 16 heavy (non-hydrogen) atoms. The average molecular weight is 234 g/mol. The summed E-state index contributed by atoms with van der Waals surface area (Å²) in [5.41, 5.74) is 0. The van der Waals surface area contributed by atoms with Crippen molar-refractivity contribution in [2.24, 2.45) is 0 Å². The first-order valence-corrected chi connectivity index (χ1v) is 4.91. The van der Waals surface area contributed by atoms with E-state index >= 15 is 0 Å². The van der Waals surface area contributed by atoms with Gasteiger partial charge in [-0.05, 0) is 6.92 Å². The molecule has 94 valence electrons. The van der Waals surface area contributed by atoms with Crippen LogP contribution in [0.3, 0.4) is 0 Å². The van der Waals surface area contributed by atoms with Gasteiger partial charge in [0, 0.05) is 13.7 Å². The van der Waals surface area contributed by atoms with Gasteiger partial charge < -0.3 is 25.2 Å². The maximum atomic E-state index is 11.1. The quantitative estimate of drug-likeness (QED) is 0.488. The zero-order valence-electron chi connectivity index (χ0n) is 9.49. The largest absolute Gasteiger partial charge is 0.480 e. The molecule has 0 aliphatic heterocycles. The smallest absolute Gasteiger partial charge is 0.325 e. The van der Waals surface area contributed by atoms with Crippen molar-refractivity contribution in [2.45, 2.75) is 13.0 Å². The highest BCUT2D eigenvalue weighted by Gasteiger charge is 2.12. The number of ether oxygens (including phenoxy) is 2. The number of urea groups is 1. The molecule has 0 rings (SSSR count). The Morgan fingerprint density at radius 1 is 1.31 bits per heavy atom. The van der Waals surface area contributed by atoms with Gasteiger partial charge in [0.05, 0.1) is 19.8 Å². The van der Waals surface area contributed by atoms with E-state index < -0.39 is 18.0 Å². The Balaban J connectivity index is 3.40. The first-order valence-electron chi connectivity index (χ1n) is 4.91. The van der Waals surface area contributed by atoms with Crippen molar-refractivity contribution in [3.63, 3.8) is 0 Å². The molecule has 0 aromatic heterocycles. The van der Waals surface area contributed by atoms with Crippen LogP contribution in [0.5, 0.6) is 0 Å². The lowest BCUT2D eigenvalue weighted by molar-refractivity contribution is -0.138. The summed E-state index contributed by atoms with van der Waals surface area (Å²) in [6.45, 7) is 3.03. The second-order valence-corrected chi connectivity index (χ2v) is 3.07. The van der Waals surface area contributed by atoms with Crippen molar-refractivity contribution in [1.82, 2.24) is 10.6 Å². The van der Waals surface area contributed by atoms with Gasteiger partial charge >= 0.3 is 12.0 Å². The van der Waals surface area contributed by atoms with E-state index in [1.165, 1.54) is 6.92 Å². The summed E-state index contributed by atoms with van der Waals surface area (Å²) in [7, 11) is 1.57. The van der Waals surface area contributed by atoms with E-state index in [-0.39, 0.29) is 0 Å². The predicted octanol–water partition coefficient (Wildman–Crippen LogP) is -0.578. The summed E-state index contributed by atoms with van der Waals surface area (Å²) in [6.07, 6.45) is 0. The monoisotopic (exact) mass is 234 g/mol. The van der Waals surface area contributed by atoms with Crippen LogP contribution in [-0.4, -0.2) is 56.6 Å². The summed E-state index contributed by atoms with van der Waals surface area (Å²) in [4.78, 5) is 21.5. The molecule has 0 aromatic rings. The number of carbonyl (C=O) groups excluding carboxylic acids is 1. The first kappa shape index (κ1) is 14.7. The number of aliphatic carboxylic acids is 1. The number of carboxylic acid groups (broad SMARTS) is 1. The lowest BCUT2D eigenvalue weighted by Gasteiger charge is -2.10. The predicted molar refractivity (Wildman–Crippen MR) is 56.3 cm³/mol. The molecular weight excluding hydrogens is 216 g/mol. The third-order valence-corrected chi connectivity index (χ3v) is 1.68. The zero-order chi connectivity index (χ0) is 12.4. The number of hydrogen-bond acceptors (Lipinski definition) is 4. The van der Waals surface area contributed by atoms with Crippen LogP contribution >= 0.6 is 0 Å². The second-order valence-electron chi connectivity index (χ2n) is 3.07. The highest BCUT2D eigenvalue weighted by atomic mass is 16.5. The van der Waals surface area contributed by atoms with Crippen LogP contribution in [0.25, 0.3) is 0 Å². The Bertz CT molecular complexity index is 222. The summed E-state index contributed by atoms with van der Waals surface area (Å²) in [5, 5.41) is 13.2. The molecule has 1 atom stereocenters. The fourth-order valence-electron chi connectivity index (χ4n) is 0.790. The lowest BCUT2D eigenvalue weighted by atomic mass is 10.3. The van der Waals surface area contributed by atoms with Crippen LogP contribution in [0.4, 0.5) is 4.79 Å². The van der Waals surface area contributed by atoms with E-state index in [9.17, 15) is 9.59 Å². The number of hydrogen-bond donors (Lipinski definition) is 3. The van der Waals surface area contributed by atoms with E-state index in [0.29, 0.717) is 26.4 Å². The molecule has 0 heterocycles. The summed E-state index contributed by atoms with van der Waals surface area (Å²) >= 11 is 0. The van der Waals surface area contributed by atoms with Crippen LogP contribution in [0.2, 0.25) is 0 Å². The maximum Gasteiger partial charge on any atom is 0.325 e. The molecule has 0 bridgehead atoms. The Kier molecular flexibility index (Phi) is 8.18. The Labute approximate surface area is 94.1 Å². The van der Waals surface area contributed by atoms with Crippen molar-refractivity contribution < 1.29 is 24.2 Å². The minimum atomic E-state index is -1.08. The van der Waals surface area contributed by atoms with Crippen LogP contribution in [0, 0.1) is 0 Å². The first-order chi connectivity index (χ1) is 7.57. The molecule has 0 radical (unpaired) electrons. The Morgan fingerprint density at radius 2 is 2.00 bits per heavy atom. The molecule has 0 fully saturated rings. The standard InChI is InChI=1S/C9H18N2O5/c1-7(8(12)13)11-9(14)10-3-4-16-6-5-15-2/h7H,3-6H2,1-2H3,(H,12,13)(H2,10,11,14). The van der Waals surface area contributed by atoms with Crippen LogP contribution in [0.15, 0.2) is 0 Å². The zero-order valence-corrected chi connectivity index (χ0v) is 9.49. The molecule has 2 amide bonds. The summed E-state index contributed by atoms with van der Waals surface area (Å²) in [5.74, 6) is -1.08. The van der Waals surface area contributed by atoms with E-state index in [4.69, 9.17) is 14.6 Å². The van der Waals surface area contributed by atoms with Crippen LogP contribution in [0.1, 0.15) is 6.92 Å². The van der Waals surface area contributed by atoms with Crippen LogP contribution in [-0.2, 0) is 14.3 Å². The Hall–Kier alpha value is -1.34. The van der Waals surface area contributed by atoms with E-state index in [1.807, 2.05) is 0 Å². The molecule has 1 unspecified atom stereocenters. The molecular formula is C9H18N2O5. The number of rotatable bonds is 8. The van der Waals surface area contributed by atoms with Gasteiger partial charge in [0.15, 0.2) is 0 Å². The van der Waals surface area contributed by atoms with Crippen molar-refractivity contribution in [3.8, 4) is 0 Å². The summed E-state index contributed by atoms with van der Waals surface area (Å²) < 4.78 is 9.85. The second kappa shape index (κ2) is 8.93. The number of nitrogens with one attached hydrogen (secondary N) is 2. The molecule has 0 aliphatic rings. The van der Waals surface area contributed by atoms with Crippen molar-refractivity contribution in [3.05, 3.63) is 0 Å². The molecule has 0 saturated heterocycles. The van der Waals surface area contributed by atoms with Crippen LogP contribution < -0.4 is 10.6 Å². The van der Waals surface area contributed by atoms with E-state index in [1.54, 1.807) is 7.11 Å². The normalized spacial score (nSPS) is 11.9. The van der Waals surface area contributed by atoms with Crippen molar-refractivity contribution in [1.29, 1.82) is 0 Å². The van der Waals surface area contributed by atoms with Crippen molar-refractivity contribution in [2.75, 3.05) is 33.5 Å². The van der Waals surface area contributed by atoms with Gasteiger partial charge in [0.2, 0.25) is 0 Å². The number of carboxylic acids is 1. The molecule has 7 nitrogen and oxygen atoms in total. The van der Waals surface area contributed by atoms with E-state index in [2.05, 4.69) is 10.6 Å². The fraction of sp³-hybridized carbons (Fsp3) is 0.778. The van der Waals surface area contributed by atoms with Crippen molar-refractivity contribution >= 4 is 12.0 Å². The molecule has 0 spiro atoms. The average Bonchev–Trinajstić information content (AvgIpc) is 2.23. The van der Waals surface area contributed by atoms with Gasteiger partial charge in [-0.2, -0.15) is 0 Å². The van der Waals surface area contributed by atoms with E-state index in [0.717, 1.165) is 0 Å². The number of methoxy groups -OCH3 is 1. The summed E-state index contributed by atoms with van der Waals surface area (Å²) in [6, 6.07) is -1.43. The SMILES string of the molecule is COCCOCCNC(=O)NC(C)C(=O)O. The molecule has 0 saturated carbocycles. The minimum Gasteiger partial charge on any atom is -0.480 e. The maximum absolute atomic E-state index is 11.1. The highest BCUT2D eigenvalue weighted by Crippen LogP contribution is 1.81. The lowest BCUT2D eigenvalue weighted by Crippen LogP contribution is -2.45. The molecule has 7 heteroatoms. The van der Waals surface area contributed by atoms with Gasteiger partial charge in [-0.3, -0.25) is 4.79 Å². The van der Waals surface area contributed by atoms with Gasteiger partial charge in [0.1, 0.15) is 6.04 Å². The fourth-order valence-corrected chi connectivity index (χ4v) is 0.790. The third-order valence-electron chi connectivity index (χ3n) is 1.68. The van der Waals surface area contributed by atoms with Gasteiger partial charge in [-0.1, -0.05) is 0 Å². The highest BCUT2D eigenvalue weighted by molar-refractivity contribution is 5.82. The Morgan fingerprint density at radius 3 is 2.56 bits per heavy atom. The molecule has 3 N–H and O–H groups in total. The minimum absolute atomic E-state index is 0.321. The third kappa shape index (κ3) is 8.01. The number of carbonyl (C=O) groups is 2. The van der Waals surface area contributed by atoms with Gasteiger partial charge in [0.25, 0.3) is 0 Å². The molecule has 0 aromatic carbocycles.